The van der Waals surface area contributed by atoms with Gasteiger partial charge in [0.25, 0.3) is 0 Å². The second kappa shape index (κ2) is 3.64. The molecular formula is C9H7F2N3O. The van der Waals surface area contributed by atoms with Gasteiger partial charge < -0.3 is 0 Å². The van der Waals surface area contributed by atoms with Crippen molar-refractivity contribution in [3.63, 3.8) is 0 Å². The van der Waals surface area contributed by atoms with E-state index in [2.05, 4.69) is 10.1 Å². The predicted octanol–water partition coefficient (Wildman–Crippen LogP) is 0.898. The standard InChI is InChI=1S/C9H7F2N3O/c10-7-2-1-6(8(11)3-7)4-14-9(15)12-5-13-14/h1-3,5H,4H2,(H,12,13,15). The van der Waals surface area contributed by atoms with Crippen molar-refractivity contribution in [1.82, 2.24) is 14.8 Å². The van der Waals surface area contributed by atoms with Crippen LogP contribution in [0.25, 0.3) is 0 Å². The van der Waals surface area contributed by atoms with E-state index in [0.717, 1.165) is 16.8 Å². The highest BCUT2D eigenvalue weighted by atomic mass is 19.1. The Balaban J connectivity index is 2.33. The summed E-state index contributed by atoms with van der Waals surface area (Å²) in [6, 6.07) is 3.19. The number of nitrogens with zero attached hydrogens (tertiary/aromatic N) is 2. The van der Waals surface area contributed by atoms with Gasteiger partial charge in [0.15, 0.2) is 0 Å². The molecule has 0 amide bonds. The average Bonchev–Trinajstić information content (AvgIpc) is 2.57. The molecule has 0 saturated carbocycles. The number of halogens is 2. The van der Waals surface area contributed by atoms with Gasteiger partial charge in [0.05, 0.1) is 6.54 Å². The molecule has 0 saturated heterocycles. The molecule has 2 aromatic rings. The Morgan fingerprint density at radius 2 is 2.20 bits per heavy atom. The van der Waals surface area contributed by atoms with E-state index in [1.54, 1.807) is 0 Å². The number of aromatic amines is 1. The Morgan fingerprint density at radius 3 is 2.80 bits per heavy atom. The SMILES string of the molecule is O=c1[nH]cnn1Cc1ccc(F)cc1F. The molecule has 0 aliphatic carbocycles. The Kier molecular flexibility index (Phi) is 2.32. The van der Waals surface area contributed by atoms with Crippen LogP contribution in [-0.2, 0) is 6.54 Å². The van der Waals surface area contributed by atoms with Crippen LogP contribution in [0.1, 0.15) is 5.56 Å². The molecule has 0 aliphatic rings. The van der Waals surface area contributed by atoms with Crippen molar-refractivity contribution in [2.24, 2.45) is 0 Å². The van der Waals surface area contributed by atoms with Gasteiger partial charge in [-0.25, -0.2) is 18.3 Å². The van der Waals surface area contributed by atoms with E-state index in [1.165, 1.54) is 12.4 Å². The minimum absolute atomic E-state index is 0.0194. The number of H-pyrrole nitrogens is 1. The largest absolute Gasteiger partial charge is 0.343 e. The van der Waals surface area contributed by atoms with Crippen LogP contribution in [0, 0.1) is 11.6 Å². The number of benzene rings is 1. The minimum Gasteiger partial charge on any atom is -0.295 e. The van der Waals surface area contributed by atoms with Crippen LogP contribution in [0.4, 0.5) is 8.78 Å². The summed E-state index contributed by atoms with van der Waals surface area (Å²) in [6.45, 7) is -0.0194. The summed E-state index contributed by atoms with van der Waals surface area (Å²) in [5.41, 5.74) is -0.218. The van der Waals surface area contributed by atoms with E-state index in [0.29, 0.717) is 0 Å². The Bertz CT molecular complexity index is 532. The lowest BCUT2D eigenvalue weighted by Crippen LogP contribution is -2.19. The zero-order chi connectivity index (χ0) is 10.8. The molecule has 1 N–H and O–H groups in total. The lowest BCUT2D eigenvalue weighted by atomic mass is 10.2. The molecule has 0 spiro atoms. The van der Waals surface area contributed by atoms with Crippen molar-refractivity contribution < 1.29 is 8.78 Å². The van der Waals surface area contributed by atoms with E-state index in [9.17, 15) is 13.6 Å². The van der Waals surface area contributed by atoms with E-state index >= 15 is 0 Å². The molecule has 1 aromatic carbocycles. The van der Waals surface area contributed by atoms with Crippen LogP contribution in [-0.4, -0.2) is 14.8 Å². The topological polar surface area (TPSA) is 50.7 Å². The van der Waals surface area contributed by atoms with Crippen LogP contribution in [0.5, 0.6) is 0 Å². The first-order valence-corrected chi connectivity index (χ1v) is 4.21. The summed E-state index contributed by atoms with van der Waals surface area (Å²) in [5, 5.41) is 3.66. The summed E-state index contributed by atoms with van der Waals surface area (Å²) in [7, 11) is 0. The summed E-state index contributed by atoms with van der Waals surface area (Å²) in [4.78, 5) is 13.4. The van der Waals surface area contributed by atoms with Gasteiger partial charge in [-0.3, -0.25) is 4.98 Å². The average molecular weight is 211 g/mol. The molecule has 0 fully saturated rings. The monoisotopic (exact) mass is 211 g/mol. The maximum Gasteiger partial charge on any atom is 0.343 e. The molecule has 4 nitrogen and oxygen atoms in total. The van der Waals surface area contributed by atoms with Crippen molar-refractivity contribution in [2.45, 2.75) is 6.54 Å². The van der Waals surface area contributed by atoms with Crippen LogP contribution in [0.2, 0.25) is 0 Å². The summed E-state index contributed by atoms with van der Waals surface area (Å²) < 4.78 is 26.8. The molecule has 0 atom stereocenters. The third-order valence-corrected chi connectivity index (χ3v) is 1.95. The Labute approximate surface area is 83.2 Å². The third kappa shape index (κ3) is 1.93. The van der Waals surface area contributed by atoms with Gasteiger partial charge in [0.2, 0.25) is 0 Å². The second-order valence-electron chi connectivity index (χ2n) is 2.99. The van der Waals surface area contributed by atoms with Gasteiger partial charge in [-0.15, -0.1) is 0 Å². The molecular weight excluding hydrogens is 204 g/mol. The molecule has 1 aromatic heterocycles. The lowest BCUT2D eigenvalue weighted by Gasteiger charge is -2.01. The van der Waals surface area contributed by atoms with Gasteiger partial charge in [0.1, 0.15) is 18.0 Å². The van der Waals surface area contributed by atoms with Crippen LogP contribution in [0.15, 0.2) is 29.3 Å². The Hall–Kier alpha value is -1.98. The number of nitrogens with one attached hydrogen (secondary N) is 1. The second-order valence-corrected chi connectivity index (χ2v) is 2.99. The van der Waals surface area contributed by atoms with Gasteiger partial charge in [0, 0.05) is 11.6 Å². The zero-order valence-electron chi connectivity index (χ0n) is 7.58. The molecule has 0 radical (unpaired) electrons. The minimum atomic E-state index is -0.690. The van der Waals surface area contributed by atoms with Gasteiger partial charge in [-0.05, 0) is 6.07 Å². The van der Waals surface area contributed by atoms with Crippen molar-refractivity contribution in [3.05, 3.63) is 52.2 Å². The molecule has 78 valence electrons. The Morgan fingerprint density at radius 1 is 1.40 bits per heavy atom. The van der Waals surface area contributed by atoms with E-state index in [-0.39, 0.29) is 12.1 Å². The fraction of sp³-hybridized carbons (Fsp3) is 0.111. The van der Waals surface area contributed by atoms with Crippen LogP contribution in [0.3, 0.4) is 0 Å². The zero-order valence-corrected chi connectivity index (χ0v) is 7.58. The molecule has 1 heterocycles. The molecule has 15 heavy (non-hydrogen) atoms. The fourth-order valence-electron chi connectivity index (χ4n) is 1.20. The number of hydrogen-bond acceptors (Lipinski definition) is 2. The summed E-state index contributed by atoms with van der Waals surface area (Å²) in [5.74, 6) is -1.34. The highest BCUT2D eigenvalue weighted by Crippen LogP contribution is 2.09. The molecule has 0 bridgehead atoms. The van der Waals surface area contributed by atoms with Crippen LogP contribution < -0.4 is 5.69 Å². The maximum absolute atomic E-state index is 13.2. The van der Waals surface area contributed by atoms with Gasteiger partial charge >= 0.3 is 5.69 Å². The van der Waals surface area contributed by atoms with Crippen LogP contribution >= 0.6 is 0 Å². The number of rotatable bonds is 2. The van der Waals surface area contributed by atoms with Crippen molar-refractivity contribution in [1.29, 1.82) is 0 Å². The highest BCUT2D eigenvalue weighted by Gasteiger charge is 2.06. The van der Waals surface area contributed by atoms with Crippen molar-refractivity contribution in [3.8, 4) is 0 Å². The predicted molar refractivity (Wildman–Crippen MR) is 48.3 cm³/mol. The molecule has 0 aliphatic heterocycles. The highest BCUT2D eigenvalue weighted by molar-refractivity contribution is 5.18. The van der Waals surface area contributed by atoms with Gasteiger partial charge in [-0.1, -0.05) is 6.07 Å². The maximum atomic E-state index is 13.2. The van der Waals surface area contributed by atoms with Gasteiger partial charge in [-0.2, -0.15) is 5.10 Å². The summed E-state index contributed by atoms with van der Waals surface area (Å²) >= 11 is 0. The number of aromatic nitrogens is 3. The molecule has 6 heteroatoms. The molecule has 0 unspecified atom stereocenters. The smallest absolute Gasteiger partial charge is 0.295 e. The van der Waals surface area contributed by atoms with Crippen molar-refractivity contribution in [2.75, 3.05) is 0 Å². The normalized spacial score (nSPS) is 10.5. The first kappa shape index (κ1) is 9.57. The fourth-order valence-corrected chi connectivity index (χ4v) is 1.20. The number of hydrogen-bond donors (Lipinski definition) is 1. The van der Waals surface area contributed by atoms with E-state index in [4.69, 9.17) is 0 Å². The van der Waals surface area contributed by atoms with Crippen molar-refractivity contribution >= 4 is 0 Å². The van der Waals surface area contributed by atoms with E-state index in [1.807, 2.05) is 0 Å². The first-order valence-electron chi connectivity index (χ1n) is 4.21. The quantitative estimate of drug-likeness (QED) is 0.802. The first-order chi connectivity index (χ1) is 7.16. The lowest BCUT2D eigenvalue weighted by molar-refractivity contribution is 0.554. The van der Waals surface area contributed by atoms with E-state index < -0.39 is 17.3 Å². The third-order valence-electron chi connectivity index (χ3n) is 1.95. The summed E-state index contributed by atoms with van der Waals surface area (Å²) in [6.07, 6.45) is 1.21. The molecule has 2 rings (SSSR count).